The van der Waals surface area contributed by atoms with Crippen molar-refractivity contribution in [2.45, 2.75) is 25.9 Å². The normalized spacial score (nSPS) is 14.2. The van der Waals surface area contributed by atoms with Gasteiger partial charge in [0.1, 0.15) is 0 Å². The van der Waals surface area contributed by atoms with Crippen molar-refractivity contribution in [1.82, 2.24) is 4.37 Å². The molecular weight excluding hydrogens is 254 g/mol. The van der Waals surface area contributed by atoms with Crippen molar-refractivity contribution in [2.75, 3.05) is 37.9 Å². The first-order valence-electron chi connectivity index (χ1n) is 5.83. The van der Waals surface area contributed by atoms with Crippen LogP contribution in [0.4, 0.5) is 10.8 Å². The average molecular weight is 275 g/mol. The van der Waals surface area contributed by atoms with Gasteiger partial charge in [0.25, 0.3) is 0 Å². The van der Waals surface area contributed by atoms with E-state index in [1.54, 1.807) is 14.0 Å². The molecule has 1 atom stereocenters. The minimum atomic E-state index is -0.849. The third kappa shape index (κ3) is 4.32. The van der Waals surface area contributed by atoms with Crippen molar-refractivity contribution in [2.24, 2.45) is 0 Å². The van der Waals surface area contributed by atoms with E-state index in [1.165, 1.54) is 11.5 Å². The number of nitrogens with two attached hydrogens (primary N) is 1. The van der Waals surface area contributed by atoms with Crippen LogP contribution in [0.3, 0.4) is 0 Å². The number of aliphatic hydroxyl groups is 1. The topological polar surface area (TPSA) is 89.6 Å². The molecule has 0 spiro atoms. The summed E-state index contributed by atoms with van der Waals surface area (Å²) in [5.41, 5.74) is 4.85. The van der Waals surface area contributed by atoms with Crippen LogP contribution in [-0.4, -0.2) is 41.9 Å². The average Bonchev–Trinajstić information content (AvgIpc) is 2.67. The lowest BCUT2D eigenvalue weighted by Gasteiger charge is -2.23. The number of nitrogens with one attached hydrogen (secondary N) is 1. The molecule has 0 amide bonds. The van der Waals surface area contributed by atoms with Gasteiger partial charge in [-0.25, -0.2) is 0 Å². The van der Waals surface area contributed by atoms with Crippen LogP contribution < -0.4 is 15.8 Å². The Bertz CT molecular complexity index is 368. The second-order valence-electron chi connectivity index (χ2n) is 4.25. The SMILES string of the molecule is CCOc1c(N)nsc1NCC(C)(O)CCOC. The molecule has 6 nitrogen and oxygen atoms in total. The smallest absolute Gasteiger partial charge is 0.197 e. The Balaban J connectivity index is 2.57. The van der Waals surface area contributed by atoms with Crippen LogP contribution in [0.25, 0.3) is 0 Å². The zero-order valence-electron chi connectivity index (χ0n) is 11.0. The minimum absolute atomic E-state index is 0.376. The van der Waals surface area contributed by atoms with Crippen molar-refractivity contribution < 1.29 is 14.6 Å². The second kappa shape index (κ2) is 6.77. The van der Waals surface area contributed by atoms with Crippen molar-refractivity contribution >= 4 is 22.4 Å². The highest BCUT2D eigenvalue weighted by molar-refractivity contribution is 7.11. The monoisotopic (exact) mass is 275 g/mol. The van der Waals surface area contributed by atoms with Crippen LogP contribution in [0.5, 0.6) is 5.75 Å². The van der Waals surface area contributed by atoms with E-state index in [2.05, 4.69) is 9.69 Å². The molecule has 0 fully saturated rings. The lowest BCUT2D eigenvalue weighted by atomic mass is 10.0. The summed E-state index contributed by atoms with van der Waals surface area (Å²) in [6.07, 6.45) is 0.550. The molecule has 1 heterocycles. The van der Waals surface area contributed by atoms with Crippen LogP contribution in [0.2, 0.25) is 0 Å². The Kier molecular flexibility index (Phi) is 5.64. The molecule has 0 aliphatic heterocycles. The fourth-order valence-corrected chi connectivity index (χ4v) is 2.03. The van der Waals surface area contributed by atoms with Gasteiger partial charge in [-0.1, -0.05) is 0 Å². The molecule has 0 bridgehead atoms. The van der Waals surface area contributed by atoms with Crippen LogP contribution in [0, 0.1) is 0 Å². The molecule has 4 N–H and O–H groups in total. The number of nitrogen functional groups attached to an aromatic ring is 1. The molecule has 1 rings (SSSR count). The third-order valence-electron chi connectivity index (χ3n) is 2.44. The Morgan fingerprint density at radius 3 is 2.89 bits per heavy atom. The number of hydrogen-bond donors (Lipinski definition) is 3. The summed E-state index contributed by atoms with van der Waals surface area (Å²) in [4.78, 5) is 0. The molecule has 0 saturated carbocycles. The molecule has 0 aliphatic carbocycles. The highest BCUT2D eigenvalue weighted by atomic mass is 32.1. The summed E-state index contributed by atoms with van der Waals surface area (Å²) >= 11 is 1.23. The molecule has 1 aromatic rings. The molecule has 7 heteroatoms. The summed E-state index contributed by atoms with van der Waals surface area (Å²) in [6.45, 7) is 5.06. The number of anilines is 2. The summed E-state index contributed by atoms with van der Waals surface area (Å²) in [6, 6.07) is 0. The fourth-order valence-electron chi connectivity index (χ4n) is 1.37. The number of nitrogens with zero attached hydrogens (tertiary/aromatic N) is 1. The quantitative estimate of drug-likeness (QED) is 0.663. The van der Waals surface area contributed by atoms with E-state index >= 15 is 0 Å². The van der Waals surface area contributed by atoms with E-state index in [-0.39, 0.29) is 0 Å². The number of rotatable bonds is 8. The van der Waals surface area contributed by atoms with Crippen LogP contribution in [-0.2, 0) is 4.74 Å². The van der Waals surface area contributed by atoms with E-state index < -0.39 is 5.60 Å². The van der Waals surface area contributed by atoms with Crippen molar-refractivity contribution in [3.05, 3.63) is 0 Å². The van der Waals surface area contributed by atoms with E-state index in [4.69, 9.17) is 15.2 Å². The van der Waals surface area contributed by atoms with Gasteiger partial charge < -0.3 is 25.6 Å². The van der Waals surface area contributed by atoms with Gasteiger partial charge in [-0.2, -0.15) is 4.37 Å². The van der Waals surface area contributed by atoms with Gasteiger partial charge in [0.05, 0.1) is 12.2 Å². The Morgan fingerprint density at radius 1 is 1.56 bits per heavy atom. The van der Waals surface area contributed by atoms with Crippen LogP contribution >= 0.6 is 11.5 Å². The van der Waals surface area contributed by atoms with Gasteiger partial charge in [-0.05, 0) is 25.4 Å². The zero-order chi connectivity index (χ0) is 13.6. The first-order valence-corrected chi connectivity index (χ1v) is 6.60. The van der Waals surface area contributed by atoms with Gasteiger partial charge >= 0.3 is 0 Å². The predicted molar refractivity (Wildman–Crippen MR) is 73.3 cm³/mol. The van der Waals surface area contributed by atoms with Gasteiger partial charge in [0.2, 0.25) is 0 Å². The minimum Gasteiger partial charge on any atom is -0.487 e. The van der Waals surface area contributed by atoms with Crippen molar-refractivity contribution in [3.63, 3.8) is 0 Å². The standard InChI is InChI=1S/C11H21N3O3S/c1-4-17-8-9(12)14-18-10(8)13-7-11(2,15)5-6-16-3/h13,15H,4-7H2,1-3H3,(H2,12,14). The van der Waals surface area contributed by atoms with Gasteiger partial charge in [-0.3, -0.25) is 0 Å². The lowest BCUT2D eigenvalue weighted by molar-refractivity contribution is 0.0358. The number of aromatic nitrogens is 1. The molecule has 1 unspecified atom stereocenters. The Labute approximate surface area is 111 Å². The molecule has 0 saturated heterocycles. The maximum absolute atomic E-state index is 10.1. The summed E-state index contributed by atoms with van der Waals surface area (Å²) < 4.78 is 14.4. The van der Waals surface area contributed by atoms with E-state index in [0.717, 1.165) is 5.00 Å². The fraction of sp³-hybridized carbons (Fsp3) is 0.727. The summed E-state index contributed by atoms with van der Waals surface area (Å²) in [5.74, 6) is 0.936. The van der Waals surface area contributed by atoms with Gasteiger partial charge in [0, 0.05) is 26.7 Å². The van der Waals surface area contributed by atoms with Gasteiger partial charge in [0.15, 0.2) is 16.6 Å². The third-order valence-corrected chi connectivity index (χ3v) is 3.24. The highest BCUT2D eigenvalue weighted by Crippen LogP contribution is 2.35. The van der Waals surface area contributed by atoms with E-state index in [0.29, 0.717) is 37.7 Å². The zero-order valence-corrected chi connectivity index (χ0v) is 11.8. The second-order valence-corrected chi connectivity index (χ2v) is 5.03. The van der Waals surface area contributed by atoms with Gasteiger partial charge in [-0.15, -0.1) is 0 Å². The molecule has 0 radical (unpaired) electrons. The molecule has 18 heavy (non-hydrogen) atoms. The largest absolute Gasteiger partial charge is 0.487 e. The van der Waals surface area contributed by atoms with E-state index in [1.807, 2.05) is 6.92 Å². The predicted octanol–water partition coefficient (Wildman–Crippen LogP) is 1.32. The number of methoxy groups -OCH3 is 1. The van der Waals surface area contributed by atoms with Crippen molar-refractivity contribution in [3.8, 4) is 5.75 Å². The van der Waals surface area contributed by atoms with E-state index in [9.17, 15) is 5.11 Å². The molecule has 0 aliphatic rings. The maximum Gasteiger partial charge on any atom is 0.197 e. The highest BCUT2D eigenvalue weighted by Gasteiger charge is 2.21. The molecular formula is C11H21N3O3S. The van der Waals surface area contributed by atoms with Crippen molar-refractivity contribution in [1.29, 1.82) is 0 Å². The first-order chi connectivity index (χ1) is 8.50. The Hall–Kier alpha value is -1.05. The maximum atomic E-state index is 10.1. The van der Waals surface area contributed by atoms with Crippen LogP contribution in [0.15, 0.2) is 0 Å². The molecule has 1 aromatic heterocycles. The van der Waals surface area contributed by atoms with Crippen LogP contribution in [0.1, 0.15) is 20.3 Å². The Morgan fingerprint density at radius 2 is 2.28 bits per heavy atom. The molecule has 104 valence electrons. The first kappa shape index (κ1) is 15.0. The molecule has 0 aromatic carbocycles. The number of hydrogen-bond acceptors (Lipinski definition) is 7. The summed E-state index contributed by atoms with van der Waals surface area (Å²) in [7, 11) is 1.61. The lowest BCUT2D eigenvalue weighted by Crippen LogP contribution is -2.34. The number of ether oxygens (including phenoxy) is 2. The summed E-state index contributed by atoms with van der Waals surface area (Å²) in [5, 5.41) is 14.0.